The molecule has 0 aromatic carbocycles. The number of hydrogen-bond acceptors (Lipinski definition) is 1. The highest BCUT2D eigenvalue weighted by Crippen LogP contribution is 2.00. The minimum absolute atomic E-state index is 1.28. The van der Waals surface area contributed by atoms with Crippen molar-refractivity contribution in [2.45, 2.75) is 32.6 Å². The second kappa shape index (κ2) is 11.6. The van der Waals surface area contributed by atoms with Crippen LogP contribution in [-0.2, 0) is 0 Å². The summed E-state index contributed by atoms with van der Waals surface area (Å²) in [6.45, 7) is 2.24. The topological polar surface area (TPSA) is 12.9 Å². The van der Waals surface area contributed by atoms with Crippen LogP contribution in [0.3, 0.4) is 0 Å². The maximum absolute atomic E-state index is 3.78. The van der Waals surface area contributed by atoms with Gasteiger partial charge >= 0.3 is 0 Å². The van der Waals surface area contributed by atoms with Crippen molar-refractivity contribution >= 4 is 9.24 Å². The lowest BCUT2D eigenvalue weighted by Gasteiger charge is -1.90. The average Bonchev–Trinajstić information content (AvgIpc) is 2.22. The zero-order chi connectivity index (χ0) is 9.78. The summed E-state index contributed by atoms with van der Waals surface area (Å²) in [5.41, 5.74) is 0. The highest BCUT2D eigenvalue weighted by Gasteiger charge is 1.80. The average molecular weight is 197 g/mol. The smallest absolute Gasteiger partial charge is 0.0267 e. The standard InChI is InChI=1S/C6H15P.C5H5N/c1-2-3-4-5-6-7;1-2-4-6-5-3-1/h2-7H2,1H3;1-5H. The fourth-order valence-electron chi connectivity index (χ4n) is 0.884. The molecule has 1 heterocycles. The number of nitrogens with zero attached hydrogens (tertiary/aromatic N) is 1. The SMILES string of the molecule is CCCCCCP.c1ccncc1. The second-order valence-electron chi connectivity index (χ2n) is 2.87. The van der Waals surface area contributed by atoms with Gasteiger partial charge in [0.2, 0.25) is 0 Å². The molecule has 1 aromatic rings. The van der Waals surface area contributed by atoms with Crippen molar-refractivity contribution in [3.05, 3.63) is 30.6 Å². The van der Waals surface area contributed by atoms with Gasteiger partial charge in [-0.1, -0.05) is 32.3 Å². The van der Waals surface area contributed by atoms with E-state index < -0.39 is 0 Å². The van der Waals surface area contributed by atoms with E-state index in [-0.39, 0.29) is 0 Å². The van der Waals surface area contributed by atoms with Crippen molar-refractivity contribution in [1.29, 1.82) is 0 Å². The van der Waals surface area contributed by atoms with Gasteiger partial charge < -0.3 is 0 Å². The Kier molecular flexibility index (Phi) is 11.2. The van der Waals surface area contributed by atoms with E-state index in [1.165, 1.54) is 31.8 Å². The molecular weight excluding hydrogens is 177 g/mol. The summed E-state index contributed by atoms with van der Waals surface area (Å²) in [6.07, 6.45) is 10.3. The summed E-state index contributed by atoms with van der Waals surface area (Å²) in [7, 11) is 2.75. The monoisotopic (exact) mass is 197 g/mol. The summed E-state index contributed by atoms with van der Waals surface area (Å²) in [5, 5.41) is 0. The van der Waals surface area contributed by atoms with Crippen LogP contribution < -0.4 is 0 Å². The van der Waals surface area contributed by atoms with Gasteiger partial charge in [-0.3, -0.25) is 4.98 Å². The number of aromatic nitrogens is 1. The zero-order valence-corrected chi connectivity index (χ0v) is 9.60. The lowest BCUT2D eigenvalue weighted by atomic mass is 10.2. The van der Waals surface area contributed by atoms with Crippen LogP contribution in [0.2, 0.25) is 0 Å². The van der Waals surface area contributed by atoms with Gasteiger partial charge in [-0.2, -0.15) is 0 Å². The van der Waals surface area contributed by atoms with Crippen LogP contribution in [0.25, 0.3) is 0 Å². The van der Waals surface area contributed by atoms with Crippen molar-refractivity contribution in [1.82, 2.24) is 4.98 Å². The van der Waals surface area contributed by atoms with E-state index in [0.717, 1.165) is 0 Å². The first-order valence-corrected chi connectivity index (χ1v) is 5.78. The van der Waals surface area contributed by atoms with E-state index in [1.54, 1.807) is 12.4 Å². The highest BCUT2D eigenvalue weighted by molar-refractivity contribution is 7.16. The second-order valence-corrected chi connectivity index (χ2v) is 3.45. The first-order valence-electron chi connectivity index (χ1n) is 4.97. The van der Waals surface area contributed by atoms with Crippen molar-refractivity contribution in [3.63, 3.8) is 0 Å². The molecule has 0 saturated heterocycles. The molecule has 0 N–H and O–H groups in total. The van der Waals surface area contributed by atoms with E-state index in [2.05, 4.69) is 21.1 Å². The molecule has 0 aliphatic heterocycles. The fourth-order valence-corrected chi connectivity index (χ4v) is 1.17. The predicted molar refractivity (Wildman–Crippen MR) is 63.0 cm³/mol. The van der Waals surface area contributed by atoms with Gasteiger partial charge in [-0.05, 0) is 24.7 Å². The van der Waals surface area contributed by atoms with Crippen LogP contribution in [0.5, 0.6) is 0 Å². The van der Waals surface area contributed by atoms with E-state index >= 15 is 0 Å². The van der Waals surface area contributed by atoms with Crippen LogP contribution in [-0.4, -0.2) is 11.1 Å². The van der Waals surface area contributed by atoms with E-state index in [9.17, 15) is 0 Å². The Balaban J connectivity index is 0.000000223. The molecule has 0 amide bonds. The van der Waals surface area contributed by atoms with Crippen LogP contribution in [0, 0.1) is 0 Å². The van der Waals surface area contributed by atoms with Gasteiger partial charge in [-0.25, -0.2) is 0 Å². The molecule has 74 valence electrons. The minimum Gasteiger partial charge on any atom is -0.265 e. The van der Waals surface area contributed by atoms with Crippen LogP contribution >= 0.6 is 9.24 Å². The van der Waals surface area contributed by atoms with Crippen molar-refractivity contribution < 1.29 is 0 Å². The van der Waals surface area contributed by atoms with Crippen LogP contribution in [0.1, 0.15) is 32.6 Å². The lowest BCUT2D eigenvalue weighted by Crippen LogP contribution is -1.73. The summed E-state index contributed by atoms with van der Waals surface area (Å²) in [6, 6.07) is 5.72. The molecule has 0 aliphatic carbocycles. The molecule has 0 aliphatic rings. The number of rotatable bonds is 4. The molecule has 0 radical (unpaired) electrons. The van der Waals surface area contributed by atoms with E-state index in [4.69, 9.17) is 0 Å². The molecule has 0 bridgehead atoms. The molecular formula is C11H20NP. The van der Waals surface area contributed by atoms with Crippen LogP contribution in [0.15, 0.2) is 30.6 Å². The van der Waals surface area contributed by atoms with Crippen molar-refractivity contribution in [3.8, 4) is 0 Å². The molecule has 1 nitrogen and oxygen atoms in total. The van der Waals surface area contributed by atoms with Crippen LogP contribution in [0.4, 0.5) is 0 Å². The van der Waals surface area contributed by atoms with Gasteiger partial charge in [0.25, 0.3) is 0 Å². The molecule has 1 unspecified atom stereocenters. The van der Waals surface area contributed by atoms with E-state index in [1.807, 2.05) is 18.2 Å². The van der Waals surface area contributed by atoms with Gasteiger partial charge in [0.1, 0.15) is 0 Å². The Morgan fingerprint density at radius 1 is 1.00 bits per heavy atom. The Morgan fingerprint density at radius 3 is 2.00 bits per heavy atom. The molecule has 0 spiro atoms. The third kappa shape index (κ3) is 11.6. The highest BCUT2D eigenvalue weighted by atomic mass is 31.0. The summed E-state index contributed by atoms with van der Waals surface area (Å²) in [4.78, 5) is 3.78. The summed E-state index contributed by atoms with van der Waals surface area (Å²) < 4.78 is 0. The first-order chi connectivity index (χ1) is 6.41. The van der Waals surface area contributed by atoms with Gasteiger partial charge in [0, 0.05) is 12.4 Å². The van der Waals surface area contributed by atoms with Crippen molar-refractivity contribution in [2.75, 3.05) is 6.16 Å². The Hall–Kier alpha value is -0.420. The molecule has 2 heteroatoms. The normalized spacial score (nSPS) is 8.77. The fraction of sp³-hybridized carbons (Fsp3) is 0.545. The zero-order valence-electron chi connectivity index (χ0n) is 8.45. The molecule has 0 fully saturated rings. The third-order valence-electron chi connectivity index (χ3n) is 1.62. The Morgan fingerprint density at radius 2 is 1.69 bits per heavy atom. The largest absolute Gasteiger partial charge is 0.265 e. The first kappa shape index (κ1) is 12.6. The molecule has 1 rings (SSSR count). The Bertz CT molecular complexity index is 134. The van der Waals surface area contributed by atoms with Gasteiger partial charge in [0.15, 0.2) is 0 Å². The maximum atomic E-state index is 3.78. The van der Waals surface area contributed by atoms with Gasteiger partial charge in [-0.15, -0.1) is 9.24 Å². The lowest BCUT2D eigenvalue weighted by molar-refractivity contribution is 0.706. The van der Waals surface area contributed by atoms with E-state index in [0.29, 0.717) is 0 Å². The number of hydrogen-bond donors (Lipinski definition) is 0. The third-order valence-corrected chi connectivity index (χ3v) is 2.03. The predicted octanol–water partition coefficient (Wildman–Crippen LogP) is 3.52. The number of pyridine rings is 1. The summed E-state index contributed by atoms with van der Waals surface area (Å²) in [5.74, 6) is 0. The molecule has 1 atom stereocenters. The number of unbranched alkanes of at least 4 members (excludes halogenated alkanes) is 3. The Labute approximate surface area is 84.2 Å². The molecule has 0 saturated carbocycles. The van der Waals surface area contributed by atoms with Crippen molar-refractivity contribution in [2.24, 2.45) is 0 Å². The summed E-state index contributed by atoms with van der Waals surface area (Å²) >= 11 is 0. The quantitative estimate of drug-likeness (QED) is 0.531. The molecule has 1 aromatic heterocycles. The maximum Gasteiger partial charge on any atom is 0.0267 e. The minimum atomic E-state index is 1.28. The van der Waals surface area contributed by atoms with Gasteiger partial charge in [0.05, 0.1) is 0 Å². The molecule has 13 heavy (non-hydrogen) atoms.